The fraction of sp³-hybridized carbons (Fsp3) is 0.0714. The Morgan fingerprint density at radius 2 is 1.28 bits per heavy atom. The van der Waals surface area contributed by atoms with Crippen molar-refractivity contribution >= 4 is 17.3 Å². The van der Waals surface area contributed by atoms with E-state index in [-0.39, 0.29) is 6.73 Å². The van der Waals surface area contributed by atoms with Gasteiger partial charge in [0.2, 0.25) is 5.96 Å². The number of para-hydroxylation sites is 2. The standard InChI is InChI=1S/C14H15N3O/c18-11-15-14(16-12-7-3-1-4-8-12)17-13-9-5-2-6-10-13/h1-10,18H,11H2,(H2,15,16,17). The van der Waals surface area contributed by atoms with Gasteiger partial charge in [-0.1, -0.05) is 36.4 Å². The number of aliphatic hydroxyl groups excluding tert-OH is 1. The van der Waals surface area contributed by atoms with Crippen molar-refractivity contribution < 1.29 is 5.11 Å². The van der Waals surface area contributed by atoms with Gasteiger partial charge in [-0.15, -0.1) is 0 Å². The highest BCUT2D eigenvalue weighted by Gasteiger charge is 1.99. The van der Waals surface area contributed by atoms with Gasteiger partial charge in [0.25, 0.3) is 0 Å². The molecule has 0 radical (unpaired) electrons. The molecule has 3 N–H and O–H groups in total. The Balaban J connectivity index is 2.08. The van der Waals surface area contributed by atoms with Crippen LogP contribution in [0.3, 0.4) is 0 Å². The lowest BCUT2D eigenvalue weighted by molar-refractivity contribution is 0.309. The van der Waals surface area contributed by atoms with E-state index in [2.05, 4.69) is 15.6 Å². The van der Waals surface area contributed by atoms with E-state index >= 15 is 0 Å². The number of nitrogens with one attached hydrogen (secondary N) is 2. The molecule has 18 heavy (non-hydrogen) atoms. The van der Waals surface area contributed by atoms with Gasteiger partial charge in [-0.05, 0) is 24.3 Å². The molecule has 0 aliphatic rings. The van der Waals surface area contributed by atoms with Crippen molar-refractivity contribution in [1.82, 2.24) is 0 Å². The Bertz CT molecular complexity index is 453. The van der Waals surface area contributed by atoms with E-state index in [4.69, 9.17) is 5.11 Å². The predicted octanol–water partition coefficient (Wildman–Crippen LogP) is 2.52. The minimum atomic E-state index is -0.269. The van der Waals surface area contributed by atoms with Gasteiger partial charge < -0.3 is 15.7 Å². The highest BCUT2D eigenvalue weighted by Crippen LogP contribution is 2.08. The molecule has 0 unspecified atom stereocenters. The monoisotopic (exact) mass is 241 g/mol. The van der Waals surface area contributed by atoms with E-state index in [0.717, 1.165) is 11.4 Å². The molecule has 0 aromatic heterocycles. The van der Waals surface area contributed by atoms with Crippen LogP contribution in [-0.4, -0.2) is 17.8 Å². The summed E-state index contributed by atoms with van der Waals surface area (Å²) in [5, 5.41) is 15.1. The molecule has 0 saturated carbocycles. The second kappa shape index (κ2) is 6.42. The fourth-order valence-electron chi connectivity index (χ4n) is 1.50. The van der Waals surface area contributed by atoms with Crippen LogP contribution >= 0.6 is 0 Å². The summed E-state index contributed by atoms with van der Waals surface area (Å²) in [6.07, 6.45) is 0. The van der Waals surface area contributed by atoms with Gasteiger partial charge in [0.15, 0.2) is 0 Å². The maximum atomic E-state index is 8.93. The third kappa shape index (κ3) is 3.61. The summed E-state index contributed by atoms with van der Waals surface area (Å²) in [6, 6.07) is 19.3. The first-order chi connectivity index (χ1) is 8.88. The summed E-state index contributed by atoms with van der Waals surface area (Å²) >= 11 is 0. The Hall–Kier alpha value is -2.33. The van der Waals surface area contributed by atoms with Crippen molar-refractivity contribution in [3.63, 3.8) is 0 Å². The number of anilines is 2. The summed E-state index contributed by atoms with van der Waals surface area (Å²) in [7, 11) is 0. The molecule has 4 heteroatoms. The van der Waals surface area contributed by atoms with E-state index in [9.17, 15) is 0 Å². The third-order valence-corrected chi connectivity index (χ3v) is 2.30. The maximum Gasteiger partial charge on any atom is 0.202 e. The fourth-order valence-corrected chi connectivity index (χ4v) is 1.50. The summed E-state index contributed by atoms with van der Waals surface area (Å²) in [4.78, 5) is 3.96. The number of guanidine groups is 1. The van der Waals surface area contributed by atoms with Crippen molar-refractivity contribution in [3.8, 4) is 0 Å². The number of hydrogen-bond acceptors (Lipinski definition) is 2. The van der Waals surface area contributed by atoms with Crippen LogP contribution in [0.4, 0.5) is 11.4 Å². The molecule has 4 nitrogen and oxygen atoms in total. The van der Waals surface area contributed by atoms with Crippen molar-refractivity contribution in [2.75, 3.05) is 17.4 Å². The molecule has 2 aromatic rings. The maximum absolute atomic E-state index is 8.93. The van der Waals surface area contributed by atoms with Crippen molar-refractivity contribution in [2.24, 2.45) is 4.99 Å². The van der Waals surface area contributed by atoms with E-state index in [1.807, 2.05) is 60.7 Å². The summed E-state index contributed by atoms with van der Waals surface area (Å²) in [5.74, 6) is 0.509. The van der Waals surface area contributed by atoms with Crippen LogP contribution in [0.2, 0.25) is 0 Å². The Kier molecular flexibility index (Phi) is 4.33. The molecular weight excluding hydrogens is 226 g/mol. The van der Waals surface area contributed by atoms with Crippen LogP contribution in [-0.2, 0) is 0 Å². The second-order valence-corrected chi connectivity index (χ2v) is 3.63. The Morgan fingerprint density at radius 3 is 1.67 bits per heavy atom. The molecular formula is C14H15N3O. The quantitative estimate of drug-likeness (QED) is 0.571. The van der Waals surface area contributed by atoms with Crippen LogP contribution in [0.25, 0.3) is 0 Å². The molecule has 0 aliphatic heterocycles. The number of aliphatic hydroxyl groups is 1. The molecule has 0 saturated heterocycles. The van der Waals surface area contributed by atoms with E-state index < -0.39 is 0 Å². The van der Waals surface area contributed by atoms with Gasteiger partial charge in [0.1, 0.15) is 6.73 Å². The zero-order valence-corrected chi connectivity index (χ0v) is 9.88. The lowest BCUT2D eigenvalue weighted by Crippen LogP contribution is -2.22. The normalized spacial score (nSPS) is 9.61. The number of rotatable bonds is 3. The van der Waals surface area contributed by atoms with Crippen LogP contribution in [0.1, 0.15) is 0 Å². The number of nitrogens with zero attached hydrogens (tertiary/aromatic N) is 1. The van der Waals surface area contributed by atoms with Crippen LogP contribution < -0.4 is 10.6 Å². The molecule has 0 fully saturated rings. The number of aliphatic imine (C=N–C) groups is 1. The number of benzene rings is 2. The average Bonchev–Trinajstić information content (AvgIpc) is 2.41. The predicted molar refractivity (Wildman–Crippen MR) is 74.7 cm³/mol. The lowest BCUT2D eigenvalue weighted by atomic mass is 10.3. The topological polar surface area (TPSA) is 56.7 Å². The first kappa shape index (κ1) is 12.1. The summed E-state index contributed by atoms with van der Waals surface area (Å²) in [5.41, 5.74) is 1.82. The SMILES string of the molecule is OCN=C(Nc1ccccc1)Nc1ccccc1. The van der Waals surface area contributed by atoms with E-state index in [1.165, 1.54) is 0 Å². The minimum absolute atomic E-state index is 0.269. The van der Waals surface area contributed by atoms with Crippen molar-refractivity contribution in [3.05, 3.63) is 60.7 Å². The van der Waals surface area contributed by atoms with Gasteiger partial charge in [0, 0.05) is 11.4 Å². The molecule has 0 amide bonds. The molecule has 0 spiro atoms. The zero-order valence-electron chi connectivity index (χ0n) is 9.88. The smallest absolute Gasteiger partial charge is 0.202 e. The largest absolute Gasteiger partial charge is 0.374 e. The minimum Gasteiger partial charge on any atom is -0.374 e. The summed E-state index contributed by atoms with van der Waals surface area (Å²) in [6.45, 7) is -0.269. The molecule has 0 heterocycles. The average molecular weight is 241 g/mol. The van der Waals surface area contributed by atoms with Gasteiger partial charge in [-0.3, -0.25) is 0 Å². The highest BCUT2D eigenvalue weighted by atomic mass is 16.3. The Labute approximate surface area is 106 Å². The molecule has 2 aromatic carbocycles. The molecule has 92 valence electrons. The Morgan fingerprint density at radius 1 is 0.833 bits per heavy atom. The van der Waals surface area contributed by atoms with Gasteiger partial charge >= 0.3 is 0 Å². The van der Waals surface area contributed by atoms with Crippen molar-refractivity contribution in [2.45, 2.75) is 0 Å². The van der Waals surface area contributed by atoms with E-state index in [0.29, 0.717) is 5.96 Å². The zero-order chi connectivity index (χ0) is 12.6. The first-order valence-electron chi connectivity index (χ1n) is 5.68. The molecule has 0 aliphatic carbocycles. The van der Waals surface area contributed by atoms with Gasteiger partial charge in [-0.25, -0.2) is 4.99 Å². The second-order valence-electron chi connectivity index (χ2n) is 3.63. The van der Waals surface area contributed by atoms with E-state index in [1.54, 1.807) is 0 Å². The van der Waals surface area contributed by atoms with Crippen molar-refractivity contribution in [1.29, 1.82) is 0 Å². The molecule has 0 atom stereocenters. The third-order valence-electron chi connectivity index (χ3n) is 2.30. The van der Waals surface area contributed by atoms with Crippen LogP contribution in [0.5, 0.6) is 0 Å². The lowest BCUT2D eigenvalue weighted by Gasteiger charge is -2.11. The van der Waals surface area contributed by atoms with Crippen LogP contribution in [0, 0.1) is 0 Å². The molecule has 2 rings (SSSR count). The van der Waals surface area contributed by atoms with Gasteiger partial charge in [-0.2, -0.15) is 0 Å². The molecule has 0 bridgehead atoms. The first-order valence-corrected chi connectivity index (χ1v) is 5.68. The summed E-state index contributed by atoms with van der Waals surface area (Å²) < 4.78 is 0. The van der Waals surface area contributed by atoms with Gasteiger partial charge in [0.05, 0.1) is 0 Å². The highest BCUT2D eigenvalue weighted by molar-refractivity contribution is 6.03. The number of hydrogen-bond donors (Lipinski definition) is 3. The van der Waals surface area contributed by atoms with Crippen LogP contribution in [0.15, 0.2) is 65.7 Å².